The van der Waals surface area contributed by atoms with E-state index in [1.807, 2.05) is 0 Å². The largest absolute Gasteiger partial charge is 0.282 e. The first-order chi connectivity index (χ1) is 3.62. The molecule has 4 heteroatoms. The number of rotatable bonds is 2. The minimum absolute atomic E-state index is 1.33. The van der Waals surface area contributed by atoms with Gasteiger partial charge in [-0.25, -0.2) is 4.72 Å². The summed E-state index contributed by atoms with van der Waals surface area (Å²) in [5.74, 6) is 0. The highest BCUT2D eigenvalue weighted by Gasteiger charge is 1.98. The summed E-state index contributed by atoms with van der Waals surface area (Å²) in [4.78, 5) is 0. The molecule has 50 valence electrons. The Balaban J connectivity index is 3.71. The molecule has 0 fully saturated rings. The van der Waals surface area contributed by atoms with Gasteiger partial charge in [-0.05, 0) is 6.92 Å². The van der Waals surface area contributed by atoms with Crippen molar-refractivity contribution < 1.29 is 9.11 Å². The molecule has 0 rings (SSSR count). The van der Waals surface area contributed by atoms with Crippen LogP contribution in [0.5, 0.6) is 0 Å². The van der Waals surface area contributed by atoms with E-state index in [0.29, 0.717) is 0 Å². The third-order valence-electron chi connectivity index (χ3n) is 0.626. The molecule has 0 unspecified atom stereocenters. The molecular weight excluding hydrogens is 126 g/mol. The van der Waals surface area contributed by atoms with Crippen LogP contribution in [0.2, 0.25) is 0 Å². The van der Waals surface area contributed by atoms with Crippen LogP contribution in [0.4, 0.5) is 0 Å². The molecule has 0 aliphatic heterocycles. The molecule has 3 N–H and O–H groups in total. The lowest BCUT2D eigenvalue weighted by Gasteiger charge is -2.26. The predicted molar refractivity (Wildman–Crippen MR) is 36.7 cm³/mol. The predicted octanol–water partition coefficient (Wildman–Crippen LogP) is 1.41. The molecule has 0 amide bonds. The Morgan fingerprint density at radius 1 is 1.50 bits per heavy atom. The van der Waals surface area contributed by atoms with Gasteiger partial charge in [0.05, 0.1) is 0 Å². The van der Waals surface area contributed by atoms with Crippen molar-refractivity contribution in [2.45, 2.75) is 6.92 Å². The molecule has 0 bridgehead atoms. The van der Waals surface area contributed by atoms with Gasteiger partial charge >= 0.3 is 0 Å². The van der Waals surface area contributed by atoms with Gasteiger partial charge in [0.2, 0.25) is 0 Å². The zero-order chi connectivity index (χ0) is 6.62. The van der Waals surface area contributed by atoms with Gasteiger partial charge in [0.25, 0.3) is 0 Å². The zero-order valence-electron chi connectivity index (χ0n) is 4.96. The van der Waals surface area contributed by atoms with Crippen molar-refractivity contribution in [3.05, 3.63) is 11.5 Å². The minimum atomic E-state index is -2.60. The average Bonchev–Trinajstić information content (AvgIpc) is 1.67. The summed E-state index contributed by atoms with van der Waals surface area (Å²) in [6, 6.07) is 0. The Hall–Kier alpha value is -0.0300. The first kappa shape index (κ1) is 7.97. The molecule has 0 heterocycles. The summed E-state index contributed by atoms with van der Waals surface area (Å²) < 4.78 is 19.9. The summed E-state index contributed by atoms with van der Waals surface area (Å²) in [5, 5.41) is 1.33. The lowest BCUT2D eigenvalue weighted by atomic mass is 10.8. The fraction of sp³-hybridized carbons (Fsp3) is 0.500. The molecule has 0 aromatic rings. The van der Waals surface area contributed by atoms with Gasteiger partial charge in [0.1, 0.15) is 0 Å². The number of allylic oxidation sites excluding steroid dienone is 1. The average molecular weight is 137 g/mol. The van der Waals surface area contributed by atoms with Crippen molar-refractivity contribution >= 4 is 10.8 Å². The van der Waals surface area contributed by atoms with Gasteiger partial charge in [0, 0.05) is 12.5 Å². The van der Waals surface area contributed by atoms with Crippen LogP contribution in [0.1, 0.15) is 6.92 Å². The highest BCUT2D eigenvalue weighted by molar-refractivity contribution is 8.25. The van der Waals surface area contributed by atoms with Crippen molar-refractivity contribution in [2.75, 3.05) is 7.05 Å². The van der Waals surface area contributed by atoms with Crippen LogP contribution >= 0.6 is 10.8 Å². The van der Waals surface area contributed by atoms with E-state index < -0.39 is 10.8 Å². The van der Waals surface area contributed by atoms with E-state index in [2.05, 4.69) is 4.72 Å². The van der Waals surface area contributed by atoms with E-state index in [1.165, 1.54) is 12.5 Å². The molecule has 8 heavy (non-hydrogen) atoms. The van der Waals surface area contributed by atoms with Crippen LogP contribution in [0, 0.1) is 0 Å². The normalized spacial score (nSPS) is 15.0. The van der Waals surface area contributed by atoms with Gasteiger partial charge in [-0.15, -0.1) is 10.8 Å². The van der Waals surface area contributed by atoms with Gasteiger partial charge in [-0.2, -0.15) is 0 Å². The van der Waals surface area contributed by atoms with Crippen molar-refractivity contribution in [3.8, 4) is 0 Å². The third kappa shape index (κ3) is 3.04. The molecule has 0 aromatic heterocycles. The summed E-state index contributed by atoms with van der Waals surface area (Å²) in [6.45, 7) is 1.73. The molecule has 0 radical (unpaired) electrons. The van der Waals surface area contributed by atoms with E-state index in [9.17, 15) is 0 Å². The lowest BCUT2D eigenvalue weighted by Crippen LogP contribution is -2.10. The first-order valence-electron chi connectivity index (χ1n) is 2.22. The second-order valence-corrected chi connectivity index (χ2v) is 3.13. The smallest absolute Gasteiger partial charge is 0.0346 e. The molecule has 0 saturated carbocycles. The van der Waals surface area contributed by atoms with Gasteiger partial charge in [0.15, 0.2) is 0 Å². The van der Waals surface area contributed by atoms with Crippen molar-refractivity contribution in [1.82, 2.24) is 4.72 Å². The standard InChI is InChI=1S/C4H11NO2S/c1-3-4-8(6,7)5-2/h3-7H,1-2H3/b4-3+. The monoisotopic (exact) mass is 137 g/mol. The maximum Gasteiger partial charge on any atom is 0.0346 e. The Kier molecular flexibility index (Phi) is 3.08. The van der Waals surface area contributed by atoms with Crippen LogP contribution in [0.15, 0.2) is 11.5 Å². The number of nitrogens with one attached hydrogen (secondary N) is 1. The quantitative estimate of drug-likeness (QED) is 0.539. The molecular formula is C4H11NO2S. The van der Waals surface area contributed by atoms with E-state index >= 15 is 0 Å². The van der Waals surface area contributed by atoms with E-state index in [1.54, 1.807) is 13.0 Å². The third-order valence-corrected chi connectivity index (χ3v) is 1.88. The fourth-order valence-corrected chi connectivity index (χ4v) is 0.773. The van der Waals surface area contributed by atoms with Gasteiger partial charge < -0.3 is 0 Å². The van der Waals surface area contributed by atoms with Crippen LogP contribution in [0.25, 0.3) is 0 Å². The maximum absolute atomic E-state index is 8.76. The Morgan fingerprint density at radius 2 is 2.00 bits per heavy atom. The second-order valence-electron chi connectivity index (χ2n) is 1.27. The van der Waals surface area contributed by atoms with Gasteiger partial charge in [-0.1, -0.05) is 6.08 Å². The lowest BCUT2D eigenvalue weighted by molar-refractivity contribution is 0.489. The van der Waals surface area contributed by atoms with Crippen molar-refractivity contribution in [2.24, 2.45) is 0 Å². The summed E-state index contributed by atoms with van der Waals surface area (Å²) in [6.07, 6.45) is 1.59. The molecule has 0 aliphatic carbocycles. The highest BCUT2D eigenvalue weighted by atomic mass is 32.3. The van der Waals surface area contributed by atoms with E-state index in [-0.39, 0.29) is 0 Å². The number of hydrogen-bond acceptors (Lipinski definition) is 3. The zero-order valence-corrected chi connectivity index (χ0v) is 5.77. The SMILES string of the molecule is C/C=C/S(O)(O)NC. The molecule has 0 saturated heterocycles. The Morgan fingerprint density at radius 3 is 2.12 bits per heavy atom. The summed E-state index contributed by atoms with van der Waals surface area (Å²) in [7, 11) is -1.10. The minimum Gasteiger partial charge on any atom is -0.282 e. The fourth-order valence-electron chi connectivity index (χ4n) is 0.258. The highest BCUT2D eigenvalue weighted by Crippen LogP contribution is 2.33. The molecule has 0 aromatic carbocycles. The molecule has 0 spiro atoms. The van der Waals surface area contributed by atoms with Crippen LogP contribution < -0.4 is 4.72 Å². The van der Waals surface area contributed by atoms with Crippen molar-refractivity contribution in [3.63, 3.8) is 0 Å². The van der Waals surface area contributed by atoms with Crippen LogP contribution in [0.3, 0.4) is 0 Å². The van der Waals surface area contributed by atoms with Crippen LogP contribution in [-0.4, -0.2) is 16.2 Å². The molecule has 3 nitrogen and oxygen atoms in total. The van der Waals surface area contributed by atoms with Crippen molar-refractivity contribution in [1.29, 1.82) is 0 Å². The number of hydrogen-bond donors (Lipinski definition) is 3. The van der Waals surface area contributed by atoms with Gasteiger partial charge in [-0.3, -0.25) is 9.11 Å². The topological polar surface area (TPSA) is 52.5 Å². The summed E-state index contributed by atoms with van der Waals surface area (Å²) >= 11 is 0. The molecule has 0 atom stereocenters. The second kappa shape index (κ2) is 3.09. The van der Waals surface area contributed by atoms with E-state index in [0.717, 1.165) is 0 Å². The van der Waals surface area contributed by atoms with E-state index in [4.69, 9.17) is 9.11 Å². The Bertz CT molecular complexity index is 92.0. The molecule has 0 aliphatic rings. The van der Waals surface area contributed by atoms with Crippen LogP contribution in [-0.2, 0) is 0 Å². The first-order valence-corrected chi connectivity index (χ1v) is 3.83. The Labute approximate surface area is 50.9 Å². The maximum atomic E-state index is 8.76. The summed E-state index contributed by atoms with van der Waals surface area (Å²) in [5.41, 5.74) is 0.